The molecule has 0 aliphatic heterocycles. The highest BCUT2D eigenvalue weighted by Gasteiger charge is 2.17. The molecule has 0 fully saturated rings. The molecule has 0 aliphatic rings. The molecule has 16 heavy (non-hydrogen) atoms. The third-order valence-corrected chi connectivity index (χ3v) is 1.43. The molecule has 0 radical (unpaired) electrons. The number of hydrogen-bond acceptors (Lipinski definition) is 4. The number of hydrogen-bond donors (Lipinski definition) is 1. The van der Waals surface area contributed by atoms with E-state index in [1.165, 1.54) is 6.08 Å². The summed E-state index contributed by atoms with van der Waals surface area (Å²) in [4.78, 5) is 22.3. The van der Waals surface area contributed by atoms with Gasteiger partial charge >= 0.3 is 12.1 Å². The minimum Gasteiger partial charge on any atom is -0.457 e. The number of carbonyl (C=O) groups excluding carboxylic acids is 2. The molecule has 1 N–H and O–H groups in total. The Bertz CT molecular complexity index is 268. The van der Waals surface area contributed by atoms with E-state index < -0.39 is 17.7 Å². The molecule has 5 heteroatoms. The molecule has 0 aromatic carbocycles. The molecule has 1 amide bonds. The summed E-state index contributed by atoms with van der Waals surface area (Å²) in [7, 11) is 0. The summed E-state index contributed by atoms with van der Waals surface area (Å²) in [5.41, 5.74) is -0.581. The summed E-state index contributed by atoms with van der Waals surface area (Å²) in [5, 5.41) is 2.30. The van der Waals surface area contributed by atoms with Crippen molar-refractivity contribution in [1.82, 2.24) is 5.32 Å². The second-order valence-electron chi connectivity index (χ2n) is 4.29. The van der Waals surface area contributed by atoms with Crippen LogP contribution in [0.15, 0.2) is 12.7 Å². The topological polar surface area (TPSA) is 64.6 Å². The zero-order valence-corrected chi connectivity index (χ0v) is 10.2. The maximum absolute atomic E-state index is 11.2. The Morgan fingerprint density at radius 1 is 1.44 bits per heavy atom. The molecule has 0 saturated heterocycles. The van der Waals surface area contributed by atoms with E-state index in [0.29, 0.717) is 0 Å². The average Bonchev–Trinajstić information content (AvgIpc) is 2.12. The van der Waals surface area contributed by atoms with E-state index in [9.17, 15) is 9.59 Å². The average molecular weight is 229 g/mol. The predicted octanol–water partition coefficient (Wildman–Crippen LogP) is 1.63. The predicted molar refractivity (Wildman–Crippen MR) is 60.0 cm³/mol. The van der Waals surface area contributed by atoms with Crippen molar-refractivity contribution in [2.24, 2.45) is 0 Å². The van der Waals surface area contributed by atoms with Crippen LogP contribution in [0, 0.1) is 0 Å². The van der Waals surface area contributed by atoms with Crippen molar-refractivity contribution >= 4 is 12.1 Å². The zero-order chi connectivity index (χ0) is 12.8. The molecular weight excluding hydrogens is 210 g/mol. The van der Waals surface area contributed by atoms with Crippen molar-refractivity contribution in [1.29, 1.82) is 0 Å². The van der Waals surface area contributed by atoms with Crippen LogP contribution in [0.4, 0.5) is 4.79 Å². The summed E-state index contributed by atoms with van der Waals surface area (Å²) < 4.78 is 9.79. The van der Waals surface area contributed by atoms with E-state index in [1.807, 2.05) is 0 Å². The lowest BCUT2D eigenvalue weighted by Crippen LogP contribution is -2.36. The van der Waals surface area contributed by atoms with Gasteiger partial charge in [0.1, 0.15) is 18.2 Å². The number of nitrogens with one attached hydrogen (secondary N) is 1. The highest BCUT2D eigenvalue weighted by atomic mass is 16.6. The highest BCUT2D eigenvalue weighted by molar-refractivity contribution is 5.78. The maximum atomic E-state index is 11.2. The molecule has 0 heterocycles. The van der Waals surface area contributed by atoms with Gasteiger partial charge in [-0.05, 0) is 27.7 Å². The quantitative estimate of drug-likeness (QED) is 0.587. The largest absolute Gasteiger partial charge is 0.457 e. The van der Waals surface area contributed by atoms with Crippen molar-refractivity contribution < 1.29 is 19.1 Å². The number of alkyl carbamates (subject to hydrolysis) is 1. The second-order valence-corrected chi connectivity index (χ2v) is 4.29. The first kappa shape index (κ1) is 14.5. The van der Waals surface area contributed by atoms with Gasteiger partial charge in [0, 0.05) is 0 Å². The summed E-state index contributed by atoms with van der Waals surface area (Å²) >= 11 is 0. The first-order valence-electron chi connectivity index (χ1n) is 5.03. The van der Waals surface area contributed by atoms with Crippen molar-refractivity contribution in [2.45, 2.75) is 39.4 Å². The Kier molecular flexibility index (Phi) is 5.56. The molecule has 0 bridgehead atoms. The van der Waals surface area contributed by atoms with Gasteiger partial charge in [0.25, 0.3) is 0 Å². The molecule has 0 aliphatic carbocycles. The molecule has 92 valence electrons. The smallest absolute Gasteiger partial charge is 0.408 e. The fourth-order valence-corrected chi connectivity index (χ4v) is 0.756. The van der Waals surface area contributed by atoms with Gasteiger partial charge < -0.3 is 14.8 Å². The Morgan fingerprint density at radius 3 is 2.44 bits per heavy atom. The van der Waals surface area contributed by atoms with Gasteiger partial charge in [-0.25, -0.2) is 4.79 Å². The maximum Gasteiger partial charge on any atom is 0.408 e. The Labute approximate surface area is 95.8 Å². The molecule has 0 spiro atoms. The van der Waals surface area contributed by atoms with Crippen LogP contribution in [0.1, 0.15) is 27.7 Å². The molecule has 1 atom stereocenters. The number of amides is 1. The van der Waals surface area contributed by atoms with Gasteiger partial charge in [-0.15, -0.1) is 0 Å². The Hall–Kier alpha value is -1.52. The van der Waals surface area contributed by atoms with Crippen molar-refractivity contribution in [3.8, 4) is 0 Å². The summed E-state index contributed by atoms with van der Waals surface area (Å²) in [5.74, 6) is -0.529. The standard InChI is InChI=1S/C11H19NO4/c1-6-8(2)15-9(13)7-12-10(14)16-11(3,4)5/h6,8H,1,7H2,2-5H3,(H,12,14). The van der Waals surface area contributed by atoms with Crippen LogP contribution in [0.5, 0.6) is 0 Å². The summed E-state index contributed by atoms with van der Waals surface area (Å²) in [6.45, 7) is 10.2. The van der Waals surface area contributed by atoms with E-state index >= 15 is 0 Å². The Balaban J connectivity index is 3.84. The van der Waals surface area contributed by atoms with Crippen molar-refractivity contribution in [3.63, 3.8) is 0 Å². The van der Waals surface area contributed by atoms with E-state index in [-0.39, 0.29) is 12.6 Å². The van der Waals surface area contributed by atoms with Crippen LogP contribution < -0.4 is 5.32 Å². The SMILES string of the molecule is C=CC(C)OC(=O)CNC(=O)OC(C)(C)C. The monoisotopic (exact) mass is 229 g/mol. The number of rotatable bonds is 4. The Morgan fingerprint density at radius 2 is 2.00 bits per heavy atom. The third kappa shape index (κ3) is 7.84. The fourth-order valence-electron chi connectivity index (χ4n) is 0.756. The van der Waals surface area contributed by atoms with E-state index in [1.54, 1.807) is 27.7 Å². The van der Waals surface area contributed by atoms with Gasteiger partial charge in [0.15, 0.2) is 0 Å². The molecule has 0 saturated carbocycles. The van der Waals surface area contributed by atoms with Crippen molar-refractivity contribution in [3.05, 3.63) is 12.7 Å². The lowest BCUT2D eigenvalue weighted by atomic mass is 10.2. The zero-order valence-electron chi connectivity index (χ0n) is 10.2. The molecule has 1 unspecified atom stereocenters. The summed E-state index contributed by atoms with van der Waals surface area (Å²) in [6, 6.07) is 0. The van der Waals surface area contributed by atoms with Gasteiger partial charge in [-0.1, -0.05) is 12.7 Å². The lowest BCUT2D eigenvalue weighted by molar-refractivity contribution is -0.145. The van der Waals surface area contributed by atoms with Crippen LogP contribution in [-0.2, 0) is 14.3 Å². The van der Waals surface area contributed by atoms with E-state index in [0.717, 1.165) is 0 Å². The fraction of sp³-hybridized carbons (Fsp3) is 0.636. The van der Waals surface area contributed by atoms with E-state index in [2.05, 4.69) is 11.9 Å². The first-order chi connectivity index (χ1) is 7.24. The van der Waals surface area contributed by atoms with Crippen LogP contribution >= 0.6 is 0 Å². The van der Waals surface area contributed by atoms with Gasteiger partial charge in [-0.3, -0.25) is 4.79 Å². The van der Waals surface area contributed by atoms with Gasteiger partial charge in [0.05, 0.1) is 0 Å². The molecule has 5 nitrogen and oxygen atoms in total. The number of ether oxygens (including phenoxy) is 2. The van der Waals surface area contributed by atoms with Crippen molar-refractivity contribution in [2.75, 3.05) is 6.54 Å². The minimum atomic E-state index is -0.643. The van der Waals surface area contributed by atoms with E-state index in [4.69, 9.17) is 9.47 Å². The first-order valence-corrected chi connectivity index (χ1v) is 5.03. The number of esters is 1. The molecule has 0 aromatic rings. The number of carbonyl (C=O) groups is 2. The van der Waals surface area contributed by atoms with Crippen LogP contribution in [-0.4, -0.2) is 30.3 Å². The highest BCUT2D eigenvalue weighted by Crippen LogP contribution is 2.06. The van der Waals surface area contributed by atoms with Gasteiger partial charge in [-0.2, -0.15) is 0 Å². The minimum absolute atomic E-state index is 0.215. The molecular formula is C11H19NO4. The van der Waals surface area contributed by atoms with Crippen LogP contribution in [0.2, 0.25) is 0 Å². The normalized spacial score (nSPS) is 12.5. The van der Waals surface area contributed by atoms with Gasteiger partial charge in [0.2, 0.25) is 0 Å². The third-order valence-electron chi connectivity index (χ3n) is 1.43. The molecule has 0 aromatic heterocycles. The summed E-state index contributed by atoms with van der Waals surface area (Å²) in [6.07, 6.45) is 0.481. The van der Waals surface area contributed by atoms with Crippen LogP contribution in [0.25, 0.3) is 0 Å². The molecule has 0 rings (SSSR count). The second kappa shape index (κ2) is 6.15. The lowest BCUT2D eigenvalue weighted by Gasteiger charge is -2.19. The van der Waals surface area contributed by atoms with Crippen LogP contribution in [0.3, 0.4) is 0 Å².